The smallest absolute Gasteiger partial charge is 0.224 e. The lowest BCUT2D eigenvalue weighted by Crippen LogP contribution is -2.40. The van der Waals surface area contributed by atoms with Crippen LogP contribution < -0.4 is 4.90 Å². The molecule has 0 radical (unpaired) electrons. The third-order valence-corrected chi connectivity index (χ3v) is 4.71. The van der Waals surface area contributed by atoms with Gasteiger partial charge in [0.25, 0.3) is 0 Å². The zero-order valence-electron chi connectivity index (χ0n) is 12.5. The third-order valence-electron chi connectivity index (χ3n) is 4.71. The van der Waals surface area contributed by atoms with Crippen molar-refractivity contribution in [2.75, 3.05) is 31.1 Å². The highest BCUT2D eigenvalue weighted by atomic mass is 16.3. The van der Waals surface area contributed by atoms with Crippen LogP contribution in [0.1, 0.15) is 31.2 Å². The summed E-state index contributed by atoms with van der Waals surface area (Å²) in [7, 11) is 0. The molecule has 1 atom stereocenters. The number of aryl methyl sites for hydroxylation is 1. The number of rotatable bonds is 4. The van der Waals surface area contributed by atoms with Gasteiger partial charge in [-0.05, 0) is 37.3 Å². The van der Waals surface area contributed by atoms with Crippen LogP contribution in [0.25, 0.3) is 0 Å². The first-order chi connectivity index (χ1) is 10.3. The molecule has 4 nitrogen and oxygen atoms in total. The molecule has 0 aliphatic carbocycles. The van der Waals surface area contributed by atoms with Crippen molar-refractivity contribution in [1.82, 2.24) is 4.90 Å². The summed E-state index contributed by atoms with van der Waals surface area (Å²) in [5, 5.41) is 9.33. The molecule has 2 aliphatic heterocycles. The predicted molar refractivity (Wildman–Crippen MR) is 83.4 cm³/mol. The first-order valence-corrected chi connectivity index (χ1v) is 8.03. The van der Waals surface area contributed by atoms with Gasteiger partial charge in [-0.1, -0.05) is 18.2 Å². The maximum atomic E-state index is 12.4. The number of benzene rings is 1. The molecular weight excluding hydrogens is 264 g/mol. The Morgan fingerprint density at radius 1 is 1.24 bits per heavy atom. The highest BCUT2D eigenvalue weighted by Crippen LogP contribution is 2.27. The van der Waals surface area contributed by atoms with E-state index in [0.29, 0.717) is 6.42 Å². The minimum atomic E-state index is 0.0474. The lowest BCUT2D eigenvalue weighted by Gasteiger charge is -2.32. The Morgan fingerprint density at radius 2 is 2.10 bits per heavy atom. The SMILES string of the molecule is O=C(CCN1CCCc2ccccc21)N1CCC[C@H]1CO. The van der Waals surface area contributed by atoms with Crippen molar-refractivity contribution < 1.29 is 9.90 Å². The molecule has 1 aromatic rings. The van der Waals surface area contributed by atoms with E-state index in [0.717, 1.165) is 45.3 Å². The van der Waals surface area contributed by atoms with Crippen molar-refractivity contribution in [2.45, 2.75) is 38.1 Å². The number of nitrogens with zero attached hydrogens (tertiary/aromatic N) is 2. The highest BCUT2D eigenvalue weighted by molar-refractivity contribution is 5.77. The summed E-state index contributed by atoms with van der Waals surface area (Å²) in [6.07, 6.45) is 4.80. The fraction of sp³-hybridized carbons (Fsp3) is 0.588. The lowest BCUT2D eigenvalue weighted by molar-refractivity contribution is -0.132. The van der Waals surface area contributed by atoms with Crippen LogP contribution in [0.4, 0.5) is 5.69 Å². The van der Waals surface area contributed by atoms with E-state index < -0.39 is 0 Å². The Morgan fingerprint density at radius 3 is 2.95 bits per heavy atom. The van der Waals surface area contributed by atoms with Crippen molar-refractivity contribution in [3.05, 3.63) is 29.8 Å². The molecule has 4 heteroatoms. The maximum absolute atomic E-state index is 12.4. The molecule has 0 aromatic heterocycles. The van der Waals surface area contributed by atoms with Gasteiger partial charge in [0.2, 0.25) is 5.91 Å². The van der Waals surface area contributed by atoms with Crippen molar-refractivity contribution in [3.8, 4) is 0 Å². The summed E-state index contributed by atoms with van der Waals surface area (Å²) in [5.41, 5.74) is 2.68. The van der Waals surface area contributed by atoms with E-state index in [1.54, 1.807) is 0 Å². The summed E-state index contributed by atoms with van der Waals surface area (Å²) >= 11 is 0. The molecule has 2 aliphatic rings. The van der Waals surface area contributed by atoms with Crippen LogP contribution in [0.3, 0.4) is 0 Å². The Bertz CT molecular complexity index is 503. The van der Waals surface area contributed by atoms with E-state index in [2.05, 4.69) is 29.2 Å². The number of para-hydroxylation sites is 1. The first kappa shape index (κ1) is 14.4. The van der Waals surface area contributed by atoms with Gasteiger partial charge in [-0.3, -0.25) is 4.79 Å². The molecule has 114 valence electrons. The molecule has 0 unspecified atom stereocenters. The fourth-order valence-electron chi connectivity index (χ4n) is 3.57. The number of hydrogen-bond acceptors (Lipinski definition) is 3. The fourth-order valence-corrected chi connectivity index (χ4v) is 3.57. The lowest BCUT2D eigenvalue weighted by atomic mass is 10.0. The number of aliphatic hydroxyl groups excluding tert-OH is 1. The standard InChI is InChI=1S/C17H24N2O2/c20-13-15-7-4-11-19(15)17(21)9-12-18-10-3-6-14-5-1-2-8-16(14)18/h1-2,5,8,15,20H,3-4,6-7,9-13H2/t15-/m0/s1. The molecule has 1 aromatic carbocycles. The van der Waals surface area contributed by atoms with Gasteiger partial charge in [-0.2, -0.15) is 0 Å². The van der Waals surface area contributed by atoms with Crippen LogP contribution in [-0.2, 0) is 11.2 Å². The zero-order chi connectivity index (χ0) is 14.7. The van der Waals surface area contributed by atoms with Crippen LogP contribution in [0.5, 0.6) is 0 Å². The third kappa shape index (κ3) is 3.05. The molecule has 1 fully saturated rings. The quantitative estimate of drug-likeness (QED) is 0.919. The number of aliphatic hydroxyl groups is 1. The topological polar surface area (TPSA) is 43.8 Å². The van der Waals surface area contributed by atoms with E-state index in [1.807, 2.05) is 4.90 Å². The molecule has 1 N–H and O–H groups in total. The van der Waals surface area contributed by atoms with Gasteiger partial charge >= 0.3 is 0 Å². The molecule has 0 bridgehead atoms. The van der Waals surface area contributed by atoms with Gasteiger partial charge < -0.3 is 14.9 Å². The molecule has 2 heterocycles. The Hall–Kier alpha value is -1.55. The molecule has 3 rings (SSSR count). The van der Waals surface area contributed by atoms with Gasteiger partial charge in [-0.15, -0.1) is 0 Å². The molecule has 0 saturated carbocycles. The van der Waals surface area contributed by atoms with Crippen molar-refractivity contribution >= 4 is 11.6 Å². The van der Waals surface area contributed by atoms with Crippen LogP contribution >= 0.6 is 0 Å². The van der Waals surface area contributed by atoms with Gasteiger partial charge in [0, 0.05) is 31.7 Å². The van der Waals surface area contributed by atoms with Gasteiger partial charge in [0.1, 0.15) is 0 Å². The van der Waals surface area contributed by atoms with Crippen molar-refractivity contribution in [2.24, 2.45) is 0 Å². The summed E-state index contributed by atoms with van der Waals surface area (Å²) in [4.78, 5) is 16.6. The van der Waals surface area contributed by atoms with Gasteiger partial charge in [-0.25, -0.2) is 0 Å². The van der Waals surface area contributed by atoms with Crippen LogP contribution in [0.2, 0.25) is 0 Å². The maximum Gasteiger partial charge on any atom is 0.224 e. The van der Waals surface area contributed by atoms with Crippen LogP contribution in [-0.4, -0.2) is 48.2 Å². The Kier molecular flexibility index (Phi) is 4.44. The van der Waals surface area contributed by atoms with Crippen molar-refractivity contribution in [1.29, 1.82) is 0 Å². The van der Waals surface area contributed by atoms with E-state index in [4.69, 9.17) is 0 Å². The van der Waals surface area contributed by atoms with Crippen molar-refractivity contribution in [3.63, 3.8) is 0 Å². The Labute approximate surface area is 126 Å². The number of fused-ring (bicyclic) bond motifs is 1. The van der Waals surface area contributed by atoms with E-state index in [-0.39, 0.29) is 18.6 Å². The number of carbonyl (C=O) groups excluding carboxylic acids is 1. The predicted octanol–water partition coefficient (Wildman–Crippen LogP) is 1.81. The molecule has 1 amide bonds. The summed E-state index contributed by atoms with van der Waals surface area (Å²) in [5.74, 6) is 0.189. The van der Waals surface area contributed by atoms with Crippen LogP contribution in [0, 0.1) is 0 Å². The monoisotopic (exact) mass is 288 g/mol. The molecule has 0 spiro atoms. The number of amides is 1. The summed E-state index contributed by atoms with van der Waals surface area (Å²) < 4.78 is 0. The molecule has 1 saturated heterocycles. The largest absolute Gasteiger partial charge is 0.394 e. The average molecular weight is 288 g/mol. The number of hydrogen-bond donors (Lipinski definition) is 1. The minimum absolute atomic E-state index is 0.0474. The minimum Gasteiger partial charge on any atom is -0.394 e. The highest BCUT2D eigenvalue weighted by Gasteiger charge is 2.28. The second-order valence-corrected chi connectivity index (χ2v) is 6.04. The van der Waals surface area contributed by atoms with Gasteiger partial charge in [0.05, 0.1) is 12.6 Å². The van der Waals surface area contributed by atoms with Crippen LogP contribution in [0.15, 0.2) is 24.3 Å². The number of carbonyl (C=O) groups is 1. The van der Waals surface area contributed by atoms with E-state index in [1.165, 1.54) is 11.3 Å². The first-order valence-electron chi connectivity index (χ1n) is 8.03. The summed E-state index contributed by atoms with van der Waals surface area (Å²) in [6.45, 7) is 2.72. The second-order valence-electron chi connectivity index (χ2n) is 6.04. The number of anilines is 1. The van der Waals surface area contributed by atoms with E-state index in [9.17, 15) is 9.90 Å². The second kappa shape index (κ2) is 6.48. The average Bonchev–Trinajstić information content (AvgIpc) is 3.01. The molecule has 21 heavy (non-hydrogen) atoms. The van der Waals surface area contributed by atoms with E-state index >= 15 is 0 Å². The Balaban J connectivity index is 1.60. The molecular formula is C17H24N2O2. The summed E-state index contributed by atoms with van der Waals surface area (Å²) in [6, 6.07) is 8.55. The van der Waals surface area contributed by atoms with Gasteiger partial charge in [0.15, 0.2) is 0 Å². The number of likely N-dealkylation sites (tertiary alicyclic amines) is 1. The zero-order valence-corrected chi connectivity index (χ0v) is 12.5. The normalized spacial score (nSPS) is 21.5.